The number of nitrogens with one attached hydrogen (secondary N) is 1. The zero-order valence-corrected chi connectivity index (χ0v) is 16.7. The van der Waals surface area contributed by atoms with Crippen LogP contribution in [-0.2, 0) is 14.8 Å². The Balaban J connectivity index is 1.93. The van der Waals surface area contributed by atoms with E-state index in [0.717, 1.165) is 9.87 Å². The van der Waals surface area contributed by atoms with Crippen LogP contribution < -0.4 is 9.62 Å². The molecule has 0 saturated carbocycles. The molecule has 0 bridgehead atoms. The first-order valence-electron chi connectivity index (χ1n) is 8.27. The third-order valence-electron chi connectivity index (χ3n) is 4.44. The van der Waals surface area contributed by atoms with Crippen molar-refractivity contribution >= 4 is 44.8 Å². The molecule has 2 aromatic rings. The quantitative estimate of drug-likeness (QED) is 0.844. The van der Waals surface area contributed by atoms with Gasteiger partial charge >= 0.3 is 0 Å². The number of rotatable bonds is 3. The molecular weight excluding hydrogens is 388 g/mol. The molecule has 8 heteroatoms. The van der Waals surface area contributed by atoms with Gasteiger partial charge in [-0.2, -0.15) is 0 Å². The molecule has 2 aromatic carbocycles. The molecule has 0 unspecified atom stereocenters. The van der Waals surface area contributed by atoms with Crippen molar-refractivity contribution < 1.29 is 18.0 Å². The molecule has 1 aliphatic heterocycles. The summed E-state index contributed by atoms with van der Waals surface area (Å²) in [4.78, 5) is 25.1. The first kappa shape index (κ1) is 19.4. The minimum atomic E-state index is -3.78. The molecule has 0 spiro atoms. The fourth-order valence-corrected chi connectivity index (χ4v) is 5.25. The Morgan fingerprint density at radius 3 is 2.48 bits per heavy atom. The molecule has 1 fully saturated rings. The minimum Gasteiger partial charge on any atom is -0.322 e. The molecule has 142 valence electrons. The van der Waals surface area contributed by atoms with Gasteiger partial charge in [-0.15, -0.1) is 0 Å². The predicted octanol–water partition coefficient (Wildman–Crippen LogP) is 3.60. The maximum absolute atomic E-state index is 12.6. The molecule has 0 aromatic heterocycles. The van der Waals surface area contributed by atoms with Crippen LogP contribution in [-0.4, -0.2) is 26.0 Å². The summed E-state index contributed by atoms with van der Waals surface area (Å²) in [5, 5.41) is 3.28. The van der Waals surface area contributed by atoms with Crippen LogP contribution in [0.3, 0.4) is 0 Å². The zero-order valence-electron chi connectivity index (χ0n) is 15.1. The first-order valence-corrected chi connectivity index (χ1v) is 10.3. The van der Waals surface area contributed by atoms with E-state index in [1.165, 1.54) is 12.1 Å². The van der Waals surface area contributed by atoms with Crippen LogP contribution in [0.5, 0.6) is 0 Å². The van der Waals surface area contributed by atoms with Gasteiger partial charge in [0.1, 0.15) is 0 Å². The van der Waals surface area contributed by atoms with Gasteiger partial charge < -0.3 is 5.32 Å². The lowest BCUT2D eigenvalue weighted by Crippen LogP contribution is -2.33. The van der Waals surface area contributed by atoms with E-state index in [0.29, 0.717) is 10.7 Å². The SMILES string of the molecule is Cc1c(Cl)cccc1NC(=O)c1cccc(N2C(=O)C(C)(C)CS2(=O)=O)c1. The summed E-state index contributed by atoms with van der Waals surface area (Å²) in [7, 11) is -3.78. The monoisotopic (exact) mass is 406 g/mol. The van der Waals surface area contributed by atoms with E-state index < -0.39 is 27.3 Å². The van der Waals surface area contributed by atoms with Gasteiger partial charge in [0.25, 0.3) is 5.91 Å². The maximum Gasteiger partial charge on any atom is 0.255 e. The van der Waals surface area contributed by atoms with E-state index in [-0.39, 0.29) is 17.0 Å². The molecule has 0 atom stereocenters. The van der Waals surface area contributed by atoms with Crippen LogP contribution in [0.15, 0.2) is 42.5 Å². The van der Waals surface area contributed by atoms with Gasteiger partial charge in [-0.25, -0.2) is 12.7 Å². The molecular formula is C19H19ClN2O4S. The molecule has 2 amide bonds. The van der Waals surface area contributed by atoms with Crippen molar-refractivity contribution in [2.75, 3.05) is 15.4 Å². The van der Waals surface area contributed by atoms with E-state index in [2.05, 4.69) is 5.32 Å². The van der Waals surface area contributed by atoms with Crippen molar-refractivity contribution in [1.29, 1.82) is 0 Å². The van der Waals surface area contributed by atoms with Crippen molar-refractivity contribution in [1.82, 2.24) is 0 Å². The Kier molecular flexibility index (Phi) is 4.78. The highest BCUT2D eigenvalue weighted by Crippen LogP contribution is 2.36. The van der Waals surface area contributed by atoms with Gasteiger partial charge in [0.15, 0.2) is 0 Å². The topological polar surface area (TPSA) is 83.6 Å². The Morgan fingerprint density at radius 1 is 1.19 bits per heavy atom. The molecule has 27 heavy (non-hydrogen) atoms. The highest BCUT2D eigenvalue weighted by Gasteiger charge is 2.49. The van der Waals surface area contributed by atoms with Gasteiger partial charge in [-0.05, 0) is 56.7 Å². The summed E-state index contributed by atoms with van der Waals surface area (Å²) in [6.45, 7) is 4.96. The molecule has 0 radical (unpaired) electrons. The number of hydrogen-bond acceptors (Lipinski definition) is 4. The van der Waals surface area contributed by atoms with Gasteiger partial charge in [0.05, 0.1) is 16.9 Å². The number of carbonyl (C=O) groups excluding carboxylic acids is 2. The molecule has 6 nitrogen and oxygen atoms in total. The lowest BCUT2D eigenvalue weighted by Gasteiger charge is -2.18. The lowest BCUT2D eigenvalue weighted by molar-refractivity contribution is -0.123. The van der Waals surface area contributed by atoms with E-state index in [1.54, 1.807) is 51.1 Å². The van der Waals surface area contributed by atoms with Crippen LogP contribution in [0, 0.1) is 12.3 Å². The number of halogens is 1. The Labute approximate surface area is 163 Å². The van der Waals surface area contributed by atoms with Crippen molar-refractivity contribution in [3.8, 4) is 0 Å². The number of anilines is 2. The smallest absolute Gasteiger partial charge is 0.255 e. The van der Waals surface area contributed by atoms with Gasteiger partial charge in [-0.1, -0.05) is 23.7 Å². The van der Waals surface area contributed by atoms with E-state index in [9.17, 15) is 18.0 Å². The standard InChI is InChI=1S/C19H19ClN2O4S/c1-12-15(20)8-5-9-16(12)21-17(23)13-6-4-7-14(10-13)22-18(24)19(2,3)11-27(22,25)26/h4-10H,11H2,1-3H3,(H,21,23). The second-order valence-corrected chi connectivity index (χ2v) is 9.35. The molecule has 1 N–H and O–H groups in total. The highest BCUT2D eigenvalue weighted by atomic mass is 35.5. The minimum absolute atomic E-state index is 0.154. The number of amides is 2. The van der Waals surface area contributed by atoms with Crippen LogP contribution in [0.2, 0.25) is 5.02 Å². The summed E-state index contributed by atoms with van der Waals surface area (Å²) < 4.78 is 25.7. The summed E-state index contributed by atoms with van der Waals surface area (Å²) in [6.07, 6.45) is 0. The Morgan fingerprint density at radius 2 is 1.85 bits per heavy atom. The number of carbonyl (C=O) groups is 2. The predicted molar refractivity (Wildman–Crippen MR) is 106 cm³/mol. The van der Waals surface area contributed by atoms with Crippen LogP contribution in [0.4, 0.5) is 11.4 Å². The summed E-state index contributed by atoms with van der Waals surface area (Å²) in [6, 6.07) is 11.2. The van der Waals surface area contributed by atoms with E-state index in [4.69, 9.17) is 11.6 Å². The fourth-order valence-electron chi connectivity index (χ4n) is 2.97. The number of hydrogen-bond donors (Lipinski definition) is 1. The third kappa shape index (κ3) is 3.57. The van der Waals surface area contributed by atoms with Crippen LogP contribution in [0.25, 0.3) is 0 Å². The third-order valence-corrected chi connectivity index (χ3v) is 6.87. The summed E-state index contributed by atoms with van der Waals surface area (Å²) >= 11 is 6.07. The average Bonchev–Trinajstić information content (AvgIpc) is 2.75. The summed E-state index contributed by atoms with van der Waals surface area (Å²) in [5.74, 6) is -1.20. The van der Waals surface area contributed by atoms with Crippen molar-refractivity contribution in [3.63, 3.8) is 0 Å². The van der Waals surface area contributed by atoms with Gasteiger partial charge in [0.2, 0.25) is 15.9 Å². The molecule has 0 aliphatic carbocycles. The molecule has 1 saturated heterocycles. The van der Waals surface area contributed by atoms with E-state index >= 15 is 0 Å². The summed E-state index contributed by atoms with van der Waals surface area (Å²) in [5.41, 5.74) is 0.668. The highest BCUT2D eigenvalue weighted by molar-refractivity contribution is 7.94. The Bertz CT molecular complexity index is 1050. The van der Waals surface area contributed by atoms with Gasteiger partial charge in [-0.3, -0.25) is 9.59 Å². The average molecular weight is 407 g/mol. The maximum atomic E-state index is 12.6. The number of benzene rings is 2. The first-order chi connectivity index (χ1) is 12.5. The van der Waals surface area contributed by atoms with E-state index in [1.807, 2.05) is 0 Å². The van der Waals surface area contributed by atoms with Crippen LogP contribution in [0.1, 0.15) is 29.8 Å². The van der Waals surface area contributed by atoms with Crippen molar-refractivity contribution in [3.05, 3.63) is 58.6 Å². The fraction of sp³-hybridized carbons (Fsp3) is 0.263. The molecule has 1 heterocycles. The van der Waals surface area contributed by atoms with Crippen molar-refractivity contribution in [2.24, 2.45) is 5.41 Å². The zero-order chi connectivity index (χ0) is 20.0. The Hall–Kier alpha value is -2.38. The number of nitrogens with zero attached hydrogens (tertiary/aromatic N) is 1. The van der Waals surface area contributed by atoms with Crippen LogP contribution >= 0.6 is 11.6 Å². The number of sulfonamides is 1. The largest absolute Gasteiger partial charge is 0.322 e. The second kappa shape index (κ2) is 6.65. The second-order valence-electron chi connectivity index (χ2n) is 7.13. The molecule has 1 aliphatic rings. The lowest BCUT2D eigenvalue weighted by atomic mass is 9.95. The molecule has 3 rings (SSSR count). The normalized spacial score (nSPS) is 17.8. The van der Waals surface area contributed by atoms with Gasteiger partial charge in [0, 0.05) is 16.3 Å². The van der Waals surface area contributed by atoms with Crippen molar-refractivity contribution in [2.45, 2.75) is 20.8 Å².